The maximum absolute atomic E-state index is 12.3. The number of nitrogens with zero attached hydrogens (tertiary/aromatic N) is 3. The molecule has 0 spiro atoms. The predicted molar refractivity (Wildman–Crippen MR) is 107 cm³/mol. The number of anilines is 3. The quantitative estimate of drug-likeness (QED) is 0.842. The van der Waals surface area contributed by atoms with Crippen molar-refractivity contribution in [3.05, 3.63) is 48.3 Å². The molecule has 0 saturated carbocycles. The maximum Gasteiger partial charge on any atom is 0.272 e. The summed E-state index contributed by atoms with van der Waals surface area (Å²) >= 11 is 0. The van der Waals surface area contributed by atoms with Gasteiger partial charge in [0, 0.05) is 37.6 Å². The molecule has 2 heterocycles. The second-order valence-corrected chi connectivity index (χ2v) is 6.63. The fraction of sp³-hybridized carbons (Fsp3) is 0.429. The van der Waals surface area contributed by atoms with E-state index in [-0.39, 0.29) is 5.91 Å². The van der Waals surface area contributed by atoms with Crippen molar-refractivity contribution in [2.45, 2.75) is 33.1 Å². The van der Waals surface area contributed by atoms with E-state index in [1.54, 1.807) is 17.2 Å². The highest BCUT2D eigenvalue weighted by atomic mass is 16.2. The Balaban J connectivity index is 1.62. The van der Waals surface area contributed by atoms with Crippen molar-refractivity contribution in [1.82, 2.24) is 9.88 Å². The molecule has 1 aliphatic rings. The molecule has 26 heavy (non-hydrogen) atoms. The van der Waals surface area contributed by atoms with E-state index in [0.29, 0.717) is 18.8 Å². The van der Waals surface area contributed by atoms with Crippen LogP contribution in [0.4, 0.5) is 17.1 Å². The SMILES string of the molecule is CCN(CC)C(=O)c1ccc(Nc2ccc(N3CCCCC3)cc2)cn1. The zero-order valence-corrected chi connectivity index (χ0v) is 15.7. The lowest BCUT2D eigenvalue weighted by molar-refractivity contribution is 0.0767. The molecule has 2 aromatic rings. The van der Waals surface area contributed by atoms with Gasteiger partial charge in [-0.15, -0.1) is 0 Å². The van der Waals surface area contributed by atoms with Crippen LogP contribution in [0.2, 0.25) is 0 Å². The second-order valence-electron chi connectivity index (χ2n) is 6.63. The molecule has 5 heteroatoms. The third-order valence-corrected chi connectivity index (χ3v) is 4.91. The van der Waals surface area contributed by atoms with Gasteiger partial charge in [0.15, 0.2) is 0 Å². The van der Waals surface area contributed by atoms with E-state index in [1.165, 1.54) is 24.9 Å². The molecule has 1 aliphatic heterocycles. The molecule has 1 saturated heterocycles. The largest absolute Gasteiger partial charge is 0.372 e. The highest BCUT2D eigenvalue weighted by Crippen LogP contribution is 2.23. The Morgan fingerprint density at radius 2 is 1.65 bits per heavy atom. The molecule has 0 unspecified atom stereocenters. The standard InChI is InChI=1S/C21H28N4O/c1-3-24(4-2)21(26)20-13-10-18(16-22-20)23-17-8-11-19(12-9-17)25-14-6-5-7-15-25/h8-13,16,23H,3-7,14-15H2,1-2H3. The number of aromatic nitrogens is 1. The lowest BCUT2D eigenvalue weighted by atomic mass is 10.1. The van der Waals surface area contributed by atoms with Crippen molar-refractivity contribution in [3.63, 3.8) is 0 Å². The van der Waals surface area contributed by atoms with Crippen molar-refractivity contribution >= 4 is 23.0 Å². The number of nitrogens with one attached hydrogen (secondary N) is 1. The molecule has 1 N–H and O–H groups in total. The monoisotopic (exact) mass is 352 g/mol. The zero-order valence-electron chi connectivity index (χ0n) is 15.7. The summed E-state index contributed by atoms with van der Waals surface area (Å²) in [5.41, 5.74) is 3.68. The summed E-state index contributed by atoms with van der Waals surface area (Å²) < 4.78 is 0. The number of amides is 1. The van der Waals surface area contributed by atoms with Gasteiger partial charge in [0.25, 0.3) is 5.91 Å². The molecule has 138 valence electrons. The van der Waals surface area contributed by atoms with E-state index >= 15 is 0 Å². The van der Waals surface area contributed by atoms with Gasteiger partial charge >= 0.3 is 0 Å². The first-order chi connectivity index (χ1) is 12.7. The van der Waals surface area contributed by atoms with Gasteiger partial charge in [-0.1, -0.05) is 0 Å². The van der Waals surface area contributed by atoms with Crippen LogP contribution in [0.15, 0.2) is 42.6 Å². The van der Waals surface area contributed by atoms with Crippen LogP contribution < -0.4 is 10.2 Å². The molecule has 0 atom stereocenters. The summed E-state index contributed by atoms with van der Waals surface area (Å²) in [5, 5.41) is 3.35. The summed E-state index contributed by atoms with van der Waals surface area (Å²) in [6.45, 7) is 7.65. The minimum absolute atomic E-state index is 0.0209. The van der Waals surface area contributed by atoms with Crippen LogP contribution in [-0.4, -0.2) is 42.0 Å². The van der Waals surface area contributed by atoms with Gasteiger partial charge in [-0.05, 0) is 69.5 Å². The lowest BCUT2D eigenvalue weighted by Gasteiger charge is -2.28. The number of hydrogen-bond acceptors (Lipinski definition) is 4. The van der Waals surface area contributed by atoms with Gasteiger partial charge in [0.1, 0.15) is 5.69 Å². The van der Waals surface area contributed by atoms with E-state index in [1.807, 2.05) is 19.9 Å². The van der Waals surface area contributed by atoms with E-state index < -0.39 is 0 Å². The fourth-order valence-electron chi connectivity index (χ4n) is 3.34. The highest BCUT2D eigenvalue weighted by Gasteiger charge is 2.13. The first kappa shape index (κ1) is 18.2. The first-order valence-electron chi connectivity index (χ1n) is 9.58. The van der Waals surface area contributed by atoms with Crippen molar-refractivity contribution in [2.75, 3.05) is 36.4 Å². The van der Waals surface area contributed by atoms with Crippen LogP contribution in [0.25, 0.3) is 0 Å². The van der Waals surface area contributed by atoms with E-state index in [4.69, 9.17) is 0 Å². The summed E-state index contributed by atoms with van der Waals surface area (Å²) in [5.74, 6) is -0.0209. The van der Waals surface area contributed by atoms with Crippen molar-refractivity contribution in [2.24, 2.45) is 0 Å². The summed E-state index contributed by atoms with van der Waals surface area (Å²) in [4.78, 5) is 20.8. The number of hydrogen-bond donors (Lipinski definition) is 1. The van der Waals surface area contributed by atoms with Crippen molar-refractivity contribution in [1.29, 1.82) is 0 Å². The molecule has 0 bridgehead atoms. The first-order valence-corrected chi connectivity index (χ1v) is 9.58. The van der Waals surface area contributed by atoms with Crippen LogP contribution >= 0.6 is 0 Å². The summed E-state index contributed by atoms with van der Waals surface area (Å²) in [7, 11) is 0. The number of carbonyl (C=O) groups excluding carboxylic acids is 1. The minimum Gasteiger partial charge on any atom is -0.372 e. The molecule has 0 radical (unpaired) electrons. The van der Waals surface area contributed by atoms with Crippen LogP contribution in [0.3, 0.4) is 0 Å². The summed E-state index contributed by atoms with van der Waals surface area (Å²) in [6.07, 6.45) is 5.62. The Bertz CT molecular complexity index is 702. The maximum atomic E-state index is 12.3. The normalized spacial score (nSPS) is 14.2. The van der Waals surface area contributed by atoms with E-state index in [9.17, 15) is 4.79 Å². The highest BCUT2D eigenvalue weighted by molar-refractivity contribution is 5.92. The zero-order chi connectivity index (χ0) is 18.4. The second kappa shape index (κ2) is 8.70. The fourth-order valence-corrected chi connectivity index (χ4v) is 3.34. The van der Waals surface area contributed by atoms with Gasteiger partial charge < -0.3 is 15.1 Å². The van der Waals surface area contributed by atoms with Gasteiger partial charge in [-0.2, -0.15) is 0 Å². The number of carbonyl (C=O) groups is 1. The molecule has 0 aliphatic carbocycles. The Morgan fingerprint density at radius 3 is 2.23 bits per heavy atom. The van der Waals surface area contributed by atoms with Crippen molar-refractivity contribution < 1.29 is 4.79 Å². The lowest BCUT2D eigenvalue weighted by Crippen LogP contribution is -2.31. The van der Waals surface area contributed by atoms with Crippen LogP contribution in [0, 0.1) is 0 Å². The number of piperidine rings is 1. The van der Waals surface area contributed by atoms with Gasteiger partial charge in [0.05, 0.1) is 11.9 Å². The molecule has 1 amide bonds. The molecular formula is C21H28N4O. The van der Waals surface area contributed by atoms with E-state index in [0.717, 1.165) is 24.5 Å². The Labute approximate surface area is 156 Å². The molecule has 1 aromatic carbocycles. The molecule has 5 nitrogen and oxygen atoms in total. The van der Waals surface area contributed by atoms with Gasteiger partial charge in [-0.25, -0.2) is 4.98 Å². The topological polar surface area (TPSA) is 48.5 Å². The van der Waals surface area contributed by atoms with Gasteiger partial charge in [-0.3, -0.25) is 4.79 Å². The number of benzene rings is 1. The number of rotatable bonds is 6. The third-order valence-electron chi connectivity index (χ3n) is 4.91. The number of pyridine rings is 1. The molecule has 1 fully saturated rings. The Morgan fingerprint density at radius 1 is 1.00 bits per heavy atom. The summed E-state index contributed by atoms with van der Waals surface area (Å²) in [6, 6.07) is 12.2. The average Bonchev–Trinajstić information content (AvgIpc) is 2.71. The molecule has 3 rings (SSSR count). The van der Waals surface area contributed by atoms with Crippen LogP contribution in [-0.2, 0) is 0 Å². The molecule has 1 aromatic heterocycles. The minimum atomic E-state index is -0.0209. The average molecular weight is 352 g/mol. The predicted octanol–water partition coefficient (Wildman–Crippen LogP) is 4.30. The van der Waals surface area contributed by atoms with Gasteiger partial charge in [0.2, 0.25) is 0 Å². The molecular weight excluding hydrogens is 324 g/mol. The smallest absolute Gasteiger partial charge is 0.272 e. The van der Waals surface area contributed by atoms with Crippen LogP contribution in [0.1, 0.15) is 43.6 Å². The van der Waals surface area contributed by atoms with Crippen LogP contribution in [0.5, 0.6) is 0 Å². The van der Waals surface area contributed by atoms with E-state index in [2.05, 4.69) is 39.5 Å². The van der Waals surface area contributed by atoms with Crippen molar-refractivity contribution in [3.8, 4) is 0 Å². The Kier molecular flexibility index (Phi) is 6.10. The Hall–Kier alpha value is -2.56. The third kappa shape index (κ3) is 4.34.